The Balaban J connectivity index is 1.58. The Bertz CT molecular complexity index is 1290. The summed E-state index contributed by atoms with van der Waals surface area (Å²) >= 11 is 1.11. The van der Waals surface area contributed by atoms with Crippen LogP contribution in [0.1, 0.15) is 5.56 Å². The van der Waals surface area contributed by atoms with Gasteiger partial charge in [-0.1, -0.05) is 36.0 Å². The topological polar surface area (TPSA) is 64.0 Å². The number of hydrogen-bond acceptors (Lipinski definition) is 4. The molecule has 1 aromatic heterocycles. The molecule has 0 fully saturated rings. The Morgan fingerprint density at radius 1 is 0.935 bits per heavy atom. The third-order valence-corrected chi connectivity index (χ3v) is 5.50. The van der Waals surface area contributed by atoms with Gasteiger partial charge in [0.2, 0.25) is 5.91 Å². The van der Waals surface area contributed by atoms with Crippen molar-refractivity contribution in [1.82, 2.24) is 14.9 Å². The zero-order valence-corrected chi connectivity index (χ0v) is 17.0. The minimum absolute atomic E-state index is 0.0210. The quantitative estimate of drug-likeness (QED) is 0.365. The van der Waals surface area contributed by atoms with Gasteiger partial charge in [-0.2, -0.15) is 0 Å². The average Bonchev–Trinajstić information content (AvgIpc) is 2.78. The summed E-state index contributed by atoms with van der Waals surface area (Å²) in [7, 11) is 0. The van der Waals surface area contributed by atoms with E-state index in [4.69, 9.17) is 0 Å². The summed E-state index contributed by atoms with van der Waals surface area (Å²) in [5.41, 5.74) is 1.44. The lowest BCUT2D eigenvalue weighted by Crippen LogP contribution is -2.26. The zero-order valence-electron chi connectivity index (χ0n) is 16.2. The number of para-hydroxylation sites is 1. The predicted molar refractivity (Wildman–Crippen MR) is 116 cm³/mol. The van der Waals surface area contributed by atoms with E-state index >= 15 is 0 Å². The van der Waals surface area contributed by atoms with E-state index in [1.165, 1.54) is 41.0 Å². The molecule has 0 atom stereocenters. The van der Waals surface area contributed by atoms with Gasteiger partial charge in [0.1, 0.15) is 11.6 Å². The molecule has 156 valence electrons. The number of carbonyl (C=O) groups is 1. The molecule has 1 amide bonds. The van der Waals surface area contributed by atoms with E-state index in [9.17, 15) is 18.4 Å². The molecule has 4 rings (SSSR count). The first-order valence-corrected chi connectivity index (χ1v) is 10.4. The molecule has 0 aliphatic heterocycles. The summed E-state index contributed by atoms with van der Waals surface area (Å²) in [6, 6.07) is 18.3. The van der Waals surface area contributed by atoms with Gasteiger partial charge < -0.3 is 5.32 Å². The van der Waals surface area contributed by atoms with Crippen molar-refractivity contribution in [1.29, 1.82) is 0 Å². The molecule has 0 radical (unpaired) electrons. The molecule has 5 nitrogen and oxygen atoms in total. The van der Waals surface area contributed by atoms with Gasteiger partial charge in [-0.15, -0.1) is 0 Å². The second kappa shape index (κ2) is 9.09. The standard InChI is InChI=1S/C23H17F2N3O2S/c24-16-7-5-15(6-8-16)13-26-21(29)14-31-23-27-20-4-2-1-3-19(20)22(30)28(23)18-11-9-17(25)10-12-18/h1-12H,13-14H2,(H,26,29). The highest BCUT2D eigenvalue weighted by atomic mass is 32.2. The summed E-state index contributed by atoms with van der Waals surface area (Å²) in [6.07, 6.45) is 0. The van der Waals surface area contributed by atoms with Gasteiger partial charge in [-0.05, 0) is 54.1 Å². The fourth-order valence-electron chi connectivity index (χ4n) is 3.01. The lowest BCUT2D eigenvalue weighted by atomic mass is 10.2. The van der Waals surface area contributed by atoms with E-state index in [-0.39, 0.29) is 29.6 Å². The lowest BCUT2D eigenvalue weighted by molar-refractivity contribution is -0.118. The summed E-state index contributed by atoms with van der Waals surface area (Å²) in [5, 5.41) is 3.51. The van der Waals surface area contributed by atoms with Crippen LogP contribution in [0.2, 0.25) is 0 Å². The first kappa shape index (κ1) is 20.7. The minimum atomic E-state index is -0.417. The Labute approximate surface area is 180 Å². The number of fused-ring (bicyclic) bond motifs is 1. The molecule has 0 spiro atoms. The molecule has 0 aliphatic carbocycles. The molecule has 0 bridgehead atoms. The molecule has 4 aromatic rings. The summed E-state index contributed by atoms with van der Waals surface area (Å²) < 4.78 is 27.7. The van der Waals surface area contributed by atoms with Crippen molar-refractivity contribution in [3.8, 4) is 5.69 Å². The van der Waals surface area contributed by atoms with E-state index < -0.39 is 5.82 Å². The number of halogens is 2. The average molecular weight is 437 g/mol. The monoisotopic (exact) mass is 437 g/mol. The number of nitrogens with zero attached hydrogens (tertiary/aromatic N) is 2. The van der Waals surface area contributed by atoms with Crippen molar-refractivity contribution in [3.63, 3.8) is 0 Å². The third-order valence-electron chi connectivity index (χ3n) is 4.57. The van der Waals surface area contributed by atoms with Crippen molar-refractivity contribution >= 4 is 28.6 Å². The number of hydrogen-bond donors (Lipinski definition) is 1. The van der Waals surface area contributed by atoms with Crippen LogP contribution >= 0.6 is 11.8 Å². The number of rotatable bonds is 6. The van der Waals surface area contributed by atoms with Crippen LogP contribution in [-0.4, -0.2) is 21.2 Å². The van der Waals surface area contributed by atoms with Crippen molar-refractivity contribution in [2.75, 3.05) is 5.75 Å². The largest absolute Gasteiger partial charge is 0.351 e. The smallest absolute Gasteiger partial charge is 0.266 e. The molecule has 1 heterocycles. The number of benzene rings is 3. The highest BCUT2D eigenvalue weighted by Gasteiger charge is 2.15. The van der Waals surface area contributed by atoms with Gasteiger partial charge in [0.05, 0.1) is 22.3 Å². The van der Waals surface area contributed by atoms with Crippen LogP contribution in [0.4, 0.5) is 8.78 Å². The third kappa shape index (κ3) is 4.80. The van der Waals surface area contributed by atoms with Gasteiger partial charge in [0.25, 0.3) is 5.56 Å². The van der Waals surface area contributed by atoms with Crippen molar-refractivity contribution < 1.29 is 13.6 Å². The maximum Gasteiger partial charge on any atom is 0.266 e. The van der Waals surface area contributed by atoms with E-state index in [2.05, 4.69) is 10.3 Å². The minimum Gasteiger partial charge on any atom is -0.351 e. The predicted octanol–water partition coefficient (Wildman–Crippen LogP) is 4.07. The van der Waals surface area contributed by atoms with Crippen molar-refractivity contribution in [2.24, 2.45) is 0 Å². The normalized spacial score (nSPS) is 10.9. The molecule has 1 N–H and O–H groups in total. The lowest BCUT2D eigenvalue weighted by Gasteiger charge is -2.13. The number of thioether (sulfide) groups is 1. The number of carbonyl (C=O) groups excluding carboxylic acids is 1. The van der Waals surface area contributed by atoms with Gasteiger partial charge in [0, 0.05) is 6.54 Å². The van der Waals surface area contributed by atoms with Gasteiger partial charge in [-0.3, -0.25) is 14.2 Å². The molecular formula is C23H17F2N3O2S. The van der Waals surface area contributed by atoms with E-state index in [0.29, 0.717) is 21.7 Å². The van der Waals surface area contributed by atoms with Gasteiger partial charge in [0.15, 0.2) is 5.16 Å². The fourth-order valence-corrected chi connectivity index (χ4v) is 3.85. The van der Waals surface area contributed by atoms with Crippen molar-refractivity contribution in [3.05, 3.63) is 100 Å². The number of aromatic nitrogens is 2. The molecule has 8 heteroatoms. The Hall–Kier alpha value is -3.52. The Morgan fingerprint density at radius 2 is 1.58 bits per heavy atom. The Kier molecular flexibility index (Phi) is 6.08. The molecule has 0 saturated heterocycles. The summed E-state index contributed by atoms with van der Waals surface area (Å²) in [6.45, 7) is 0.260. The van der Waals surface area contributed by atoms with E-state index in [1.807, 2.05) is 0 Å². The van der Waals surface area contributed by atoms with Crippen LogP contribution in [0.3, 0.4) is 0 Å². The van der Waals surface area contributed by atoms with Crippen LogP contribution in [0.15, 0.2) is 82.7 Å². The maximum atomic E-state index is 13.4. The zero-order chi connectivity index (χ0) is 21.8. The van der Waals surface area contributed by atoms with Crippen LogP contribution in [0.25, 0.3) is 16.6 Å². The molecule has 0 saturated carbocycles. The molecule has 3 aromatic carbocycles. The molecule has 0 unspecified atom stereocenters. The van der Waals surface area contributed by atoms with Crippen LogP contribution in [-0.2, 0) is 11.3 Å². The number of nitrogens with one attached hydrogen (secondary N) is 1. The molecule has 31 heavy (non-hydrogen) atoms. The van der Waals surface area contributed by atoms with Gasteiger partial charge in [-0.25, -0.2) is 13.8 Å². The van der Waals surface area contributed by atoms with Gasteiger partial charge >= 0.3 is 0 Å². The Morgan fingerprint density at radius 3 is 2.29 bits per heavy atom. The highest BCUT2D eigenvalue weighted by molar-refractivity contribution is 7.99. The second-order valence-electron chi connectivity index (χ2n) is 6.72. The maximum absolute atomic E-state index is 13.4. The van der Waals surface area contributed by atoms with E-state index in [0.717, 1.165) is 17.3 Å². The SMILES string of the molecule is O=C(CSc1nc2ccccc2c(=O)n1-c1ccc(F)cc1)NCc1ccc(F)cc1. The first-order valence-electron chi connectivity index (χ1n) is 9.43. The second-order valence-corrected chi connectivity index (χ2v) is 7.66. The molecule has 0 aliphatic rings. The molecular weight excluding hydrogens is 420 g/mol. The van der Waals surface area contributed by atoms with Crippen molar-refractivity contribution in [2.45, 2.75) is 11.7 Å². The highest BCUT2D eigenvalue weighted by Crippen LogP contribution is 2.21. The van der Waals surface area contributed by atoms with Crippen LogP contribution in [0, 0.1) is 11.6 Å². The fraction of sp³-hybridized carbons (Fsp3) is 0.0870. The first-order chi connectivity index (χ1) is 15.0. The summed E-state index contributed by atoms with van der Waals surface area (Å²) in [5.74, 6) is -0.998. The summed E-state index contributed by atoms with van der Waals surface area (Å²) in [4.78, 5) is 30.0. The van der Waals surface area contributed by atoms with Crippen LogP contribution in [0.5, 0.6) is 0 Å². The number of amides is 1. The van der Waals surface area contributed by atoms with Crippen LogP contribution < -0.4 is 10.9 Å². The van der Waals surface area contributed by atoms with E-state index in [1.54, 1.807) is 36.4 Å².